The first kappa shape index (κ1) is 12.4. The van der Waals surface area contributed by atoms with Crippen molar-refractivity contribution >= 4 is 27.4 Å². The van der Waals surface area contributed by atoms with Gasteiger partial charge in [-0.25, -0.2) is 17.9 Å². The summed E-state index contributed by atoms with van der Waals surface area (Å²) in [6, 6.07) is 0. The lowest BCUT2D eigenvalue weighted by molar-refractivity contribution is 0.0697. The van der Waals surface area contributed by atoms with Crippen LogP contribution in [0.25, 0.3) is 0 Å². The molecule has 2 rings (SSSR count). The summed E-state index contributed by atoms with van der Waals surface area (Å²) in [6.45, 7) is 1.71. The number of carbonyl (C=O) groups is 1. The summed E-state index contributed by atoms with van der Waals surface area (Å²) in [4.78, 5) is 10.8. The molecule has 1 atom stereocenters. The average molecular weight is 279 g/mol. The monoisotopic (exact) mass is 278 g/mol. The Morgan fingerprint density at radius 1 is 1.65 bits per heavy atom. The van der Waals surface area contributed by atoms with E-state index in [9.17, 15) is 13.2 Å². The molecule has 1 unspecified atom stereocenters. The van der Waals surface area contributed by atoms with E-state index in [0.29, 0.717) is 6.42 Å². The van der Waals surface area contributed by atoms with Crippen molar-refractivity contribution in [1.82, 2.24) is 9.78 Å². The van der Waals surface area contributed by atoms with E-state index in [2.05, 4.69) is 5.10 Å². The second-order valence-corrected chi connectivity index (χ2v) is 6.95. The fraction of sp³-hybridized carbons (Fsp3) is 0.556. The van der Waals surface area contributed by atoms with Gasteiger partial charge in [0.25, 0.3) is 0 Å². The van der Waals surface area contributed by atoms with Crippen LogP contribution in [0, 0.1) is 0 Å². The van der Waals surface area contributed by atoms with Gasteiger partial charge in [-0.3, -0.25) is 0 Å². The second-order valence-electron chi connectivity index (χ2n) is 4.40. The number of sulfone groups is 1. The molecular formula is C9H11ClN2O4S. The van der Waals surface area contributed by atoms with E-state index in [1.807, 2.05) is 0 Å². The third-order valence-corrected chi connectivity index (χ3v) is 5.19. The maximum absolute atomic E-state index is 11.5. The van der Waals surface area contributed by atoms with Crippen LogP contribution in [0.1, 0.15) is 23.7 Å². The molecule has 1 aliphatic rings. The van der Waals surface area contributed by atoms with Crippen LogP contribution in [0.15, 0.2) is 6.20 Å². The van der Waals surface area contributed by atoms with E-state index in [-0.39, 0.29) is 22.2 Å². The fourth-order valence-corrected chi connectivity index (χ4v) is 4.50. The quantitative estimate of drug-likeness (QED) is 0.863. The Morgan fingerprint density at radius 2 is 2.29 bits per heavy atom. The molecule has 1 aromatic rings. The van der Waals surface area contributed by atoms with Gasteiger partial charge in [-0.2, -0.15) is 5.10 Å². The van der Waals surface area contributed by atoms with Crippen molar-refractivity contribution < 1.29 is 18.3 Å². The third kappa shape index (κ3) is 2.04. The molecule has 1 aliphatic heterocycles. The Kier molecular flexibility index (Phi) is 2.70. The summed E-state index contributed by atoms with van der Waals surface area (Å²) >= 11 is 5.91. The highest BCUT2D eigenvalue weighted by Gasteiger charge is 2.42. The highest BCUT2D eigenvalue weighted by atomic mass is 35.5. The highest BCUT2D eigenvalue weighted by Crippen LogP contribution is 2.33. The molecule has 0 aromatic carbocycles. The summed E-state index contributed by atoms with van der Waals surface area (Å²) in [7, 11) is -3.10. The number of hydrogen-bond acceptors (Lipinski definition) is 4. The SMILES string of the molecule is CC1(n2ncc(C(=O)O)c2Cl)CCS(=O)(=O)C1. The molecule has 94 valence electrons. The number of nitrogens with zero attached hydrogens (tertiary/aromatic N) is 2. The first-order valence-electron chi connectivity index (χ1n) is 4.93. The molecule has 0 spiro atoms. The molecule has 8 heteroatoms. The summed E-state index contributed by atoms with van der Waals surface area (Å²) in [5.74, 6) is -1.17. The first-order chi connectivity index (χ1) is 7.75. The lowest BCUT2D eigenvalue weighted by Gasteiger charge is -2.23. The van der Waals surface area contributed by atoms with Crippen LogP contribution in [0.4, 0.5) is 0 Å². The zero-order chi connectivity index (χ0) is 12.8. The number of rotatable bonds is 2. The summed E-state index contributed by atoms with van der Waals surface area (Å²) in [6.07, 6.45) is 1.52. The number of hydrogen-bond donors (Lipinski definition) is 1. The second kappa shape index (κ2) is 3.71. The molecule has 6 nitrogen and oxygen atoms in total. The van der Waals surface area contributed by atoms with Crippen molar-refractivity contribution in [3.63, 3.8) is 0 Å². The molecule has 0 bridgehead atoms. The number of carboxylic acids is 1. The van der Waals surface area contributed by atoms with Crippen LogP contribution in [0.5, 0.6) is 0 Å². The normalized spacial score (nSPS) is 27.2. The minimum atomic E-state index is -3.10. The molecule has 1 N–H and O–H groups in total. The fourth-order valence-electron chi connectivity index (χ4n) is 2.01. The topological polar surface area (TPSA) is 89.3 Å². The zero-order valence-corrected chi connectivity index (χ0v) is 10.6. The molecule has 0 aliphatic carbocycles. The van der Waals surface area contributed by atoms with Gasteiger partial charge in [-0.05, 0) is 13.3 Å². The maximum Gasteiger partial charge on any atom is 0.340 e. The molecule has 1 fully saturated rings. The van der Waals surface area contributed by atoms with Gasteiger partial charge in [0.15, 0.2) is 9.84 Å². The van der Waals surface area contributed by atoms with Gasteiger partial charge in [-0.15, -0.1) is 0 Å². The van der Waals surface area contributed by atoms with E-state index in [1.54, 1.807) is 6.92 Å². The van der Waals surface area contributed by atoms with Crippen molar-refractivity contribution in [3.8, 4) is 0 Å². The minimum Gasteiger partial charge on any atom is -0.478 e. The van der Waals surface area contributed by atoms with E-state index in [4.69, 9.17) is 16.7 Å². The van der Waals surface area contributed by atoms with E-state index in [0.717, 1.165) is 6.20 Å². The zero-order valence-electron chi connectivity index (χ0n) is 9.05. The summed E-state index contributed by atoms with van der Waals surface area (Å²) < 4.78 is 24.2. The predicted octanol–water partition coefficient (Wildman–Crippen LogP) is 0.768. The van der Waals surface area contributed by atoms with E-state index in [1.165, 1.54) is 4.68 Å². The highest BCUT2D eigenvalue weighted by molar-refractivity contribution is 7.91. The number of halogens is 1. The number of aromatic carboxylic acids is 1. The van der Waals surface area contributed by atoms with Crippen molar-refractivity contribution in [2.45, 2.75) is 18.9 Å². The van der Waals surface area contributed by atoms with E-state index < -0.39 is 21.3 Å². The number of aromatic nitrogens is 2. The molecular weight excluding hydrogens is 268 g/mol. The van der Waals surface area contributed by atoms with Crippen molar-refractivity contribution in [2.75, 3.05) is 11.5 Å². The largest absolute Gasteiger partial charge is 0.478 e. The Morgan fingerprint density at radius 3 is 2.71 bits per heavy atom. The van der Waals surface area contributed by atoms with Crippen molar-refractivity contribution in [2.24, 2.45) is 0 Å². The Balaban J connectivity index is 2.45. The minimum absolute atomic E-state index is 0.0305. The molecule has 0 saturated carbocycles. The van der Waals surface area contributed by atoms with Gasteiger partial charge in [0.2, 0.25) is 0 Å². The van der Waals surface area contributed by atoms with Crippen molar-refractivity contribution in [1.29, 1.82) is 0 Å². The molecule has 1 saturated heterocycles. The Hall–Kier alpha value is -1.08. The summed E-state index contributed by atoms with van der Waals surface area (Å²) in [5, 5.41) is 12.7. The van der Waals surface area contributed by atoms with Gasteiger partial charge in [0.05, 0.1) is 23.2 Å². The van der Waals surface area contributed by atoms with Crippen LogP contribution < -0.4 is 0 Å². The van der Waals surface area contributed by atoms with Crippen LogP contribution in [0.3, 0.4) is 0 Å². The van der Waals surface area contributed by atoms with Crippen LogP contribution in [-0.4, -0.2) is 40.8 Å². The molecule has 1 aromatic heterocycles. The lowest BCUT2D eigenvalue weighted by atomic mass is 10.0. The smallest absolute Gasteiger partial charge is 0.340 e. The van der Waals surface area contributed by atoms with Crippen LogP contribution in [0.2, 0.25) is 5.15 Å². The molecule has 0 radical (unpaired) electrons. The lowest BCUT2D eigenvalue weighted by Crippen LogP contribution is -2.32. The first-order valence-corrected chi connectivity index (χ1v) is 7.13. The molecule has 0 amide bonds. The number of carboxylic acid groups (broad SMARTS) is 1. The van der Waals surface area contributed by atoms with Gasteiger partial charge in [0.1, 0.15) is 10.7 Å². The van der Waals surface area contributed by atoms with Crippen LogP contribution >= 0.6 is 11.6 Å². The average Bonchev–Trinajstić information content (AvgIpc) is 2.68. The van der Waals surface area contributed by atoms with Crippen LogP contribution in [-0.2, 0) is 15.4 Å². The molecule has 17 heavy (non-hydrogen) atoms. The maximum atomic E-state index is 11.5. The third-order valence-electron chi connectivity index (χ3n) is 2.93. The standard InChI is InChI=1S/C9H11ClN2O4S/c1-9(2-3-17(15,16)5-9)12-7(10)6(4-11-12)8(13)14/h4H,2-3,5H2,1H3,(H,13,14). The predicted molar refractivity (Wildman–Crippen MR) is 61.1 cm³/mol. The van der Waals surface area contributed by atoms with Gasteiger partial charge < -0.3 is 5.11 Å². The van der Waals surface area contributed by atoms with Crippen molar-refractivity contribution in [3.05, 3.63) is 16.9 Å². The molecule has 2 heterocycles. The van der Waals surface area contributed by atoms with E-state index >= 15 is 0 Å². The van der Waals surface area contributed by atoms with Gasteiger partial charge in [0, 0.05) is 0 Å². The summed E-state index contributed by atoms with van der Waals surface area (Å²) in [5.41, 5.74) is -0.874. The van der Waals surface area contributed by atoms with Gasteiger partial charge >= 0.3 is 5.97 Å². The Labute approximate surface area is 103 Å². The van der Waals surface area contributed by atoms with Gasteiger partial charge in [-0.1, -0.05) is 11.6 Å². The Bertz CT molecular complexity index is 580.